The van der Waals surface area contributed by atoms with E-state index in [4.69, 9.17) is 9.15 Å². The highest BCUT2D eigenvalue weighted by atomic mass is 32.2. The number of methoxy groups -OCH3 is 1. The molecular formula is C22H25N3O5S2. The zero-order valence-electron chi connectivity index (χ0n) is 17.9. The number of anilines is 1. The number of thioether (sulfide) groups is 1. The van der Waals surface area contributed by atoms with Gasteiger partial charge in [-0.15, -0.1) is 0 Å². The molecule has 4 rings (SSSR count). The molecule has 1 saturated heterocycles. The number of carbonyl (C=O) groups is 1. The first-order valence-corrected chi connectivity index (χ1v) is 12.7. The quantitative estimate of drug-likeness (QED) is 0.513. The lowest BCUT2D eigenvalue weighted by molar-refractivity contribution is -0.115. The van der Waals surface area contributed by atoms with Crippen molar-refractivity contribution in [3.63, 3.8) is 0 Å². The van der Waals surface area contributed by atoms with Gasteiger partial charge in [-0.1, -0.05) is 30.3 Å². The molecule has 0 unspecified atom stereocenters. The molecule has 170 valence electrons. The van der Waals surface area contributed by atoms with Gasteiger partial charge in [0.05, 0.1) is 22.9 Å². The molecular weight excluding hydrogens is 450 g/mol. The average molecular weight is 476 g/mol. The first-order chi connectivity index (χ1) is 15.4. The van der Waals surface area contributed by atoms with Gasteiger partial charge in [0.1, 0.15) is 11.3 Å². The first-order valence-electron chi connectivity index (χ1n) is 10.4. The summed E-state index contributed by atoms with van der Waals surface area (Å²) in [5.41, 5.74) is 1.50. The second-order valence-corrected chi connectivity index (χ2v) is 10.8. The van der Waals surface area contributed by atoms with Gasteiger partial charge in [-0.3, -0.25) is 4.79 Å². The monoisotopic (exact) mass is 475 g/mol. The maximum atomic E-state index is 12.9. The van der Waals surface area contributed by atoms with Crippen molar-refractivity contribution in [3.8, 4) is 5.75 Å². The van der Waals surface area contributed by atoms with Crippen LogP contribution in [-0.2, 0) is 14.8 Å². The van der Waals surface area contributed by atoms with Gasteiger partial charge in [0.25, 0.3) is 5.22 Å². The Bertz CT molecular complexity index is 1220. The number of hydrogen-bond donors (Lipinski definition) is 1. The molecule has 3 aromatic rings. The number of nitrogens with zero attached hydrogens (tertiary/aromatic N) is 2. The van der Waals surface area contributed by atoms with Crippen molar-refractivity contribution in [1.29, 1.82) is 0 Å². The van der Waals surface area contributed by atoms with Crippen LogP contribution >= 0.6 is 11.8 Å². The molecule has 1 fully saturated rings. The average Bonchev–Trinajstić information content (AvgIpc) is 3.21. The number of piperidine rings is 1. The number of para-hydroxylation sites is 2. The number of fused-ring (bicyclic) bond motifs is 1. The third kappa shape index (κ3) is 4.77. The van der Waals surface area contributed by atoms with Crippen LogP contribution in [0.25, 0.3) is 11.1 Å². The number of amides is 1. The molecule has 1 atom stereocenters. The fraction of sp³-hybridized carbons (Fsp3) is 0.364. The Balaban J connectivity index is 1.48. The van der Waals surface area contributed by atoms with Gasteiger partial charge in [-0.05, 0) is 50.1 Å². The topological polar surface area (TPSA) is 102 Å². The summed E-state index contributed by atoms with van der Waals surface area (Å²) in [5.74, 6) is 0.345. The van der Waals surface area contributed by atoms with E-state index >= 15 is 0 Å². The van der Waals surface area contributed by atoms with Crippen LogP contribution in [-0.4, -0.2) is 49.1 Å². The highest BCUT2D eigenvalue weighted by molar-refractivity contribution is 8.00. The number of aromatic nitrogens is 1. The number of rotatable bonds is 7. The lowest BCUT2D eigenvalue weighted by Crippen LogP contribution is -2.35. The molecule has 10 heteroatoms. The van der Waals surface area contributed by atoms with Crippen LogP contribution in [0.15, 0.2) is 57.0 Å². The number of ether oxygens (including phenoxy) is 1. The zero-order chi connectivity index (χ0) is 22.7. The van der Waals surface area contributed by atoms with Crippen LogP contribution in [0.2, 0.25) is 0 Å². The minimum absolute atomic E-state index is 0.207. The summed E-state index contributed by atoms with van der Waals surface area (Å²) in [5, 5.41) is 2.65. The molecule has 0 aliphatic carbocycles. The molecule has 1 aromatic heterocycles. The van der Waals surface area contributed by atoms with Gasteiger partial charge >= 0.3 is 0 Å². The summed E-state index contributed by atoms with van der Waals surface area (Å²) in [7, 11) is -2.01. The fourth-order valence-corrected chi connectivity index (χ4v) is 5.83. The highest BCUT2D eigenvalue weighted by Gasteiger charge is 2.27. The van der Waals surface area contributed by atoms with E-state index in [1.807, 2.05) is 12.1 Å². The molecule has 1 N–H and O–H groups in total. The zero-order valence-corrected chi connectivity index (χ0v) is 19.5. The van der Waals surface area contributed by atoms with E-state index in [0.29, 0.717) is 40.8 Å². The maximum absolute atomic E-state index is 12.9. The van der Waals surface area contributed by atoms with Gasteiger partial charge in [0, 0.05) is 13.1 Å². The molecule has 0 saturated carbocycles. The summed E-state index contributed by atoms with van der Waals surface area (Å²) in [6.07, 6.45) is 2.81. The van der Waals surface area contributed by atoms with Gasteiger partial charge in [-0.2, -0.15) is 4.31 Å². The summed E-state index contributed by atoms with van der Waals surface area (Å²) in [6.45, 7) is 2.83. The number of benzene rings is 2. The molecule has 0 bridgehead atoms. The molecule has 8 nitrogen and oxygen atoms in total. The minimum atomic E-state index is -3.55. The van der Waals surface area contributed by atoms with Gasteiger partial charge < -0.3 is 14.5 Å². The van der Waals surface area contributed by atoms with Crippen LogP contribution in [0.3, 0.4) is 0 Å². The molecule has 1 aliphatic rings. The van der Waals surface area contributed by atoms with Crippen LogP contribution < -0.4 is 10.1 Å². The predicted molar refractivity (Wildman–Crippen MR) is 124 cm³/mol. The Hall–Kier alpha value is -2.56. The van der Waals surface area contributed by atoms with E-state index in [2.05, 4.69) is 10.3 Å². The highest BCUT2D eigenvalue weighted by Crippen LogP contribution is 2.31. The molecule has 1 amide bonds. The number of carbonyl (C=O) groups excluding carboxylic acids is 1. The van der Waals surface area contributed by atoms with E-state index in [1.54, 1.807) is 38.3 Å². The normalized spacial score (nSPS) is 16.1. The molecule has 2 heterocycles. The van der Waals surface area contributed by atoms with E-state index in [0.717, 1.165) is 31.0 Å². The van der Waals surface area contributed by atoms with Crippen molar-refractivity contribution in [3.05, 3.63) is 42.5 Å². The third-order valence-corrected chi connectivity index (χ3v) is 8.14. The molecule has 2 aromatic carbocycles. The standard InChI is InChI=1S/C22H25N3O5S2/c1-15(21(26)23-17-8-4-5-9-19(17)29-2)31-22-24-18-14-16(10-11-20(18)30-22)32(27,28)25-12-6-3-7-13-25/h4-5,8-11,14-15H,3,6-7,12-13H2,1-2H3,(H,23,26)/t15-/m0/s1. The van der Waals surface area contributed by atoms with Gasteiger partial charge in [0.2, 0.25) is 15.9 Å². The molecule has 32 heavy (non-hydrogen) atoms. The van der Waals surface area contributed by atoms with Crippen LogP contribution in [0.1, 0.15) is 26.2 Å². The van der Waals surface area contributed by atoms with Crippen LogP contribution in [0.4, 0.5) is 5.69 Å². The Morgan fingerprint density at radius 3 is 2.69 bits per heavy atom. The summed E-state index contributed by atoms with van der Waals surface area (Å²) in [6, 6.07) is 11.9. The van der Waals surface area contributed by atoms with Crippen molar-refractivity contribution in [2.24, 2.45) is 0 Å². The maximum Gasteiger partial charge on any atom is 0.257 e. The summed E-state index contributed by atoms with van der Waals surface area (Å²) in [4.78, 5) is 17.2. The second kappa shape index (κ2) is 9.51. The van der Waals surface area contributed by atoms with E-state index in [-0.39, 0.29) is 10.8 Å². The fourth-order valence-electron chi connectivity index (χ4n) is 3.54. The minimum Gasteiger partial charge on any atom is -0.495 e. The van der Waals surface area contributed by atoms with Crippen molar-refractivity contribution >= 4 is 44.5 Å². The Morgan fingerprint density at radius 1 is 1.19 bits per heavy atom. The van der Waals surface area contributed by atoms with E-state index in [1.165, 1.54) is 10.4 Å². The smallest absolute Gasteiger partial charge is 0.257 e. The number of oxazole rings is 1. The summed E-state index contributed by atoms with van der Waals surface area (Å²) >= 11 is 1.16. The van der Waals surface area contributed by atoms with E-state index < -0.39 is 15.3 Å². The number of sulfonamides is 1. The lowest BCUT2D eigenvalue weighted by atomic mass is 10.2. The Morgan fingerprint density at radius 2 is 1.94 bits per heavy atom. The van der Waals surface area contributed by atoms with E-state index in [9.17, 15) is 13.2 Å². The predicted octanol–water partition coefficient (Wildman–Crippen LogP) is 4.13. The molecule has 1 aliphatic heterocycles. The van der Waals surface area contributed by atoms with Crippen molar-refractivity contribution in [2.75, 3.05) is 25.5 Å². The largest absolute Gasteiger partial charge is 0.495 e. The van der Waals surface area contributed by atoms with Crippen LogP contribution in [0, 0.1) is 0 Å². The summed E-state index contributed by atoms with van der Waals surface area (Å²) < 4.78 is 38.4. The number of nitrogens with one attached hydrogen (secondary N) is 1. The SMILES string of the molecule is COc1ccccc1NC(=O)[C@H](C)Sc1nc2cc(S(=O)(=O)N3CCCCC3)ccc2o1. The van der Waals surface area contributed by atoms with Crippen molar-refractivity contribution in [2.45, 2.75) is 41.6 Å². The lowest BCUT2D eigenvalue weighted by Gasteiger charge is -2.25. The number of hydrogen-bond acceptors (Lipinski definition) is 7. The molecule has 0 radical (unpaired) electrons. The second-order valence-electron chi connectivity index (χ2n) is 7.52. The Kier molecular flexibility index (Phi) is 6.73. The Labute approximate surface area is 191 Å². The first kappa shape index (κ1) is 22.6. The van der Waals surface area contributed by atoms with Crippen molar-refractivity contribution < 1.29 is 22.4 Å². The van der Waals surface area contributed by atoms with Crippen LogP contribution in [0.5, 0.6) is 5.75 Å². The van der Waals surface area contributed by atoms with Gasteiger partial charge in [-0.25, -0.2) is 13.4 Å². The van der Waals surface area contributed by atoms with Crippen molar-refractivity contribution in [1.82, 2.24) is 9.29 Å². The van der Waals surface area contributed by atoms with Gasteiger partial charge in [0.15, 0.2) is 5.58 Å². The molecule has 0 spiro atoms. The third-order valence-electron chi connectivity index (χ3n) is 5.30.